The summed E-state index contributed by atoms with van der Waals surface area (Å²) in [7, 11) is 3.18. The molecular weight excluding hydrogens is 322 g/mol. The molecule has 2 heterocycles. The molecule has 1 aromatic heterocycles. The minimum absolute atomic E-state index is 0.00351. The quantitative estimate of drug-likeness (QED) is 0.825. The van der Waals surface area contributed by atoms with Crippen LogP contribution < -0.4 is 15.2 Å². The monoisotopic (exact) mass is 343 g/mol. The summed E-state index contributed by atoms with van der Waals surface area (Å²) in [6, 6.07) is 7.32. The van der Waals surface area contributed by atoms with E-state index in [2.05, 4.69) is 4.98 Å². The first-order valence-electron chi connectivity index (χ1n) is 8.17. The number of methoxy groups -OCH3 is 2. The van der Waals surface area contributed by atoms with Gasteiger partial charge in [0.25, 0.3) is 0 Å². The molecule has 1 aromatic carbocycles. The van der Waals surface area contributed by atoms with E-state index in [1.54, 1.807) is 26.5 Å². The number of hydrogen-bond acceptors (Lipinski definition) is 5. The van der Waals surface area contributed by atoms with Crippen LogP contribution in [0, 0.1) is 0 Å². The second-order valence-corrected chi connectivity index (χ2v) is 5.89. The number of rotatable bonds is 5. The third-order valence-corrected chi connectivity index (χ3v) is 4.45. The molecule has 0 saturated carbocycles. The van der Waals surface area contributed by atoms with Gasteiger partial charge >= 0.3 is 5.69 Å². The molecule has 1 atom stereocenters. The van der Waals surface area contributed by atoms with Crippen LogP contribution in [0.1, 0.15) is 24.4 Å². The van der Waals surface area contributed by atoms with Gasteiger partial charge in [0.1, 0.15) is 6.54 Å². The number of likely N-dealkylation sites (tertiary alicyclic amines) is 1. The van der Waals surface area contributed by atoms with E-state index in [1.807, 2.05) is 23.1 Å². The lowest BCUT2D eigenvalue weighted by Gasteiger charge is -2.26. The molecular formula is C18H21N3O4. The molecule has 1 saturated heterocycles. The van der Waals surface area contributed by atoms with Crippen LogP contribution >= 0.6 is 0 Å². The third kappa shape index (κ3) is 3.50. The zero-order chi connectivity index (χ0) is 17.8. The van der Waals surface area contributed by atoms with E-state index < -0.39 is 5.69 Å². The lowest BCUT2D eigenvalue weighted by Crippen LogP contribution is -2.36. The van der Waals surface area contributed by atoms with E-state index >= 15 is 0 Å². The molecule has 7 nitrogen and oxygen atoms in total. The molecule has 132 valence electrons. The first kappa shape index (κ1) is 17.0. The number of aromatic nitrogens is 2. The lowest BCUT2D eigenvalue weighted by atomic mass is 10.0. The number of nitrogens with zero attached hydrogens (tertiary/aromatic N) is 3. The summed E-state index contributed by atoms with van der Waals surface area (Å²) >= 11 is 0. The molecule has 1 unspecified atom stereocenters. The van der Waals surface area contributed by atoms with Gasteiger partial charge in [0.15, 0.2) is 11.5 Å². The normalized spacial score (nSPS) is 16.7. The summed E-state index contributed by atoms with van der Waals surface area (Å²) in [5.41, 5.74) is 0.583. The van der Waals surface area contributed by atoms with Crippen LogP contribution in [-0.4, -0.2) is 41.1 Å². The maximum atomic E-state index is 12.7. The van der Waals surface area contributed by atoms with Gasteiger partial charge in [-0.3, -0.25) is 9.36 Å². The first-order valence-corrected chi connectivity index (χ1v) is 8.17. The van der Waals surface area contributed by atoms with Crippen molar-refractivity contribution in [1.29, 1.82) is 0 Å². The molecule has 0 spiro atoms. The van der Waals surface area contributed by atoms with Crippen molar-refractivity contribution >= 4 is 5.91 Å². The molecule has 0 radical (unpaired) electrons. The fourth-order valence-electron chi connectivity index (χ4n) is 3.22. The van der Waals surface area contributed by atoms with Gasteiger partial charge in [0.05, 0.1) is 20.3 Å². The molecule has 0 aliphatic carbocycles. The Hall–Kier alpha value is -2.83. The van der Waals surface area contributed by atoms with Crippen LogP contribution in [0.25, 0.3) is 0 Å². The topological polar surface area (TPSA) is 73.7 Å². The summed E-state index contributed by atoms with van der Waals surface area (Å²) in [5.74, 6) is 1.21. The van der Waals surface area contributed by atoms with Crippen molar-refractivity contribution in [3.05, 3.63) is 52.7 Å². The molecule has 0 N–H and O–H groups in total. The summed E-state index contributed by atoms with van der Waals surface area (Å²) in [4.78, 5) is 29.9. The van der Waals surface area contributed by atoms with Gasteiger partial charge in [-0.25, -0.2) is 9.78 Å². The summed E-state index contributed by atoms with van der Waals surface area (Å²) in [6.45, 7) is 0.670. The zero-order valence-corrected chi connectivity index (χ0v) is 14.3. The molecule has 0 bridgehead atoms. The average molecular weight is 343 g/mol. The number of carbonyl (C=O) groups is 1. The van der Waals surface area contributed by atoms with E-state index in [0.29, 0.717) is 18.0 Å². The minimum atomic E-state index is -0.419. The van der Waals surface area contributed by atoms with Crippen molar-refractivity contribution in [3.63, 3.8) is 0 Å². The lowest BCUT2D eigenvalue weighted by molar-refractivity contribution is -0.132. The van der Waals surface area contributed by atoms with Crippen molar-refractivity contribution in [3.8, 4) is 11.5 Å². The number of amides is 1. The highest BCUT2D eigenvalue weighted by atomic mass is 16.5. The standard InChI is InChI=1S/C18H21N3O4/c1-24-15-7-6-13(11-16(15)25-2)14-5-3-10-21(14)17(22)12-20-9-4-8-19-18(20)23/h4,6-9,11,14H,3,5,10,12H2,1-2H3. The van der Waals surface area contributed by atoms with Crippen molar-refractivity contribution in [2.75, 3.05) is 20.8 Å². The van der Waals surface area contributed by atoms with Crippen LogP contribution in [0.5, 0.6) is 11.5 Å². The fourth-order valence-corrected chi connectivity index (χ4v) is 3.22. The molecule has 2 aromatic rings. The Kier molecular flexibility index (Phi) is 5.02. The first-order chi connectivity index (χ1) is 12.1. The van der Waals surface area contributed by atoms with E-state index in [9.17, 15) is 9.59 Å². The van der Waals surface area contributed by atoms with E-state index in [4.69, 9.17) is 9.47 Å². The SMILES string of the molecule is COc1ccc(C2CCCN2C(=O)Cn2cccnc2=O)cc1OC. The second-order valence-electron chi connectivity index (χ2n) is 5.89. The second kappa shape index (κ2) is 7.38. The summed E-state index contributed by atoms with van der Waals surface area (Å²) < 4.78 is 12.0. The Balaban J connectivity index is 1.82. The summed E-state index contributed by atoms with van der Waals surface area (Å²) in [6.07, 6.45) is 4.80. The Labute approximate surface area is 145 Å². The van der Waals surface area contributed by atoms with E-state index in [0.717, 1.165) is 18.4 Å². The van der Waals surface area contributed by atoms with E-state index in [1.165, 1.54) is 10.8 Å². The maximum Gasteiger partial charge on any atom is 0.347 e. The molecule has 1 aliphatic heterocycles. The zero-order valence-electron chi connectivity index (χ0n) is 14.3. The van der Waals surface area contributed by atoms with Crippen LogP contribution in [0.15, 0.2) is 41.5 Å². The van der Waals surface area contributed by atoms with E-state index in [-0.39, 0.29) is 18.5 Å². The molecule has 3 rings (SSSR count). The van der Waals surface area contributed by atoms with Crippen molar-refractivity contribution in [2.24, 2.45) is 0 Å². The maximum absolute atomic E-state index is 12.7. The van der Waals surface area contributed by atoms with Gasteiger partial charge in [-0.1, -0.05) is 6.07 Å². The van der Waals surface area contributed by atoms with Gasteiger partial charge in [-0.15, -0.1) is 0 Å². The predicted octanol–water partition coefficient (Wildman–Crippen LogP) is 1.62. The van der Waals surface area contributed by atoms with Gasteiger partial charge in [-0.05, 0) is 36.6 Å². The highest BCUT2D eigenvalue weighted by Crippen LogP contribution is 2.36. The molecule has 1 aliphatic rings. The Bertz CT molecular complexity index is 818. The molecule has 7 heteroatoms. The van der Waals surface area contributed by atoms with Crippen LogP contribution in [0.3, 0.4) is 0 Å². The van der Waals surface area contributed by atoms with Gasteiger partial charge in [0.2, 0.25) is 5.91 Å². The molecule has 1 amide bonds. The largest absolute Gasteiger partial charge is 0.493 e. The Morgan fingerprint density at radius 1 is 1.28 bits per heavy atom. The minimum Gasteiger partial charge on any atom is -0.493 e. The van der Waals surface area contributed by atoms with Gasteiger partial charge in [0, 0.05) is 18.9 Å². The highest BCUT2D eigenvalue weighted by molar-refractivity contribution is 5.77. The highest BCUT2D eigenvalue weighted by Gasteiger charge is 2.30. The van der Waals surface area contributed by atoms with Crippen molar-refractivity contribution in [1.82, 2.24) is 14.5 Å². The number of ether oxygens (including phenoxy) is 2. The number of hydrogen-bond donors (Lipinski definition) is 0. The van der Waals surface area contributed by atoms with Gasteiger partial charge in [-0.2, -0.15) is 0 Å². The molecule has 25 heavy (non-hydrogen) atoms. The smallest absolute Gasteiger partial charge is 0.347 e. The van der Waals surface area contributed by atoms with Crippen LogP contribution in [-0.2, 0) is 11.3 Å². The predicted molar refractivity (Wildman–Crippen MR) is 91.7 cm³/mol. The average Bonchev–Trinajstić information content (AvgIpc) is 3.13. The summed E-state index contributed by atoms with van der Waals surface area (Å²) in [5, 5.41) is 0. The van der Waals surface area contributed by atoms with Gasteiger partial charge < -0.3 is 14.4 Å². The van der Waals surface area contributed by atoms with Crippen molar-refractivity contribution < 1.29 is 14.3 Å². The van der Waals surface area contributed by atoms with Crippen molar-refractivity contribution in [2.45, 2.75) is 25.4 Å². The van der Waals surface area contributed by atoms with Crippen LogP contribution in [0.4, 0.5) is 0 Å². The van der Waals surface area contributed by atoms with Crippen LogP contribution in [0.2, 0.25) is 0 Å². The third-order valence-electron chi connectivity index (χ3n) is 4.45. The molecule has 1 fully saturated rings. The number of carbonyl (C=O) groups excluding carboxylic acids is 1. The number of benzene rings is 1. The Morgan fingerprint density at radius 2 is 2.08 bits per heavy atom. The fraction of sp³-hybridized carbons (Fsp3) is 0.389. The Morgan fingerprint density at radius 3 is 2.80 bits per heavy atom.